The predicted molar refractivity (Wildman–Crippen MR) is 104 cm³/mol. The van der Waals surface area contributed by atoms with Crippen molar-refractivity contribution in [2.75, 3.05) is 5.32 Å². The number of aromatic amines is 1. The first-order valence-electron chi connectivity index (χ1n) is 8.44. The van der Waals surface area contributed by atoms with Crippen molar-refractivity contribution in [3.63, 3.8) is 0 Å². The number of phenolic OH excluding ortho intramolecular Hbond substituents is 1. The molecular weight excluding hydrogens is 342 g/mol. The number of phenols is 1. The summed E-state index contributed by atoms with van der Waals surface area (Å²) < 4.78 is 0. The molecule has 0 atom stereocenters. The molecule has 0 bridgehead atoms. The number of carbonyl (C=O) groups excluding carboxylic acids is 1. The van der Waals surface area contributed by atoms with Crippen LogP contribution in [0.2, 0.25) is 0 Å². The molecule has 27 heavy (non-hydrogen) atoms. The third-order valence-corrected chi connectivity index (χ3v) is 4.31. The molecule has 0 fully saturated rings. The van der Waals surface area contributed by atoms with Crippen LogP contribution in [0.3, 0.4) is 0 Å². The van der Waals surface area contributed by atoms with Crippen molar-refractivity contribution in [3.8, 4) is 17.1 Å². The number of H-pyrrole nitrogens is 1. The van der Waals surface area contributed by atoms with Crippen LogP contribution in [0.4, 0.5) is 5.69 Å². The summed E-state index contributed by atoms with van der Waals surface area (Å²) in [6.07, 6.45) is 0. The van der Waals surface area contributed by atoms with Crippen LogP contribution in [-0.4, -0.2) is 26.1 Å². The number of nitrogens with zero attached hydrogens (tertiary/aromatic N) is 1. The molecule has 0 aliphatic rings. The molecule has 0 unspecified atom stereocenters. The van der Waals surface area contributed by atoms with E-state index in [1.54, 1.807) is 30.3 Å². The van der Waals surface area contributed by atoms with Gasteiger partial charge >= 0.3 is 0 Å². The first-order chi connectivity index (χ1) is 13.2. The smallest absolute Gasteiger partial charge is 0.257 e. The molecule has 0 saturated carbocycles. The number of fused-ring (bicyclic) bond motifs is 1. The molecule has 4 aromatic rings. The summed E-state index contributed by atoms with van der Waals surface area (Å²) in [5, 5.41) is 22.1. The van der Waals surface area contributed by atoms with Gasteiger partial charge in [0.05, 0.1) is 12.2 Å². The topological polar surface area (TPSA) is 98.2 Å². The maximum atomic E-state index is 12.7. The highest BCUT2D eigenvalue weighted by Gasteiger charge is 2.17. The van der Waals surface area contributed by atoms with Gasteiger partial charge in [0.1, 0.15) is 22.6 Å². The number of hydrogen-bond acceptors (Lipinski definition) is 4. The van der Waals surface area contributed by atoms with E-state index in [0.29, 0.717) is 28.1 Å². The lowest BCUT2D eigenvalue weighted by atomic mass is 10.1. The molecule has 6 nitrogen and oxygen atoms in total. The van der Waals surface area contributed by atoms with Crippen LogP contribution in [0.25, 0.3) is 22.4 Å². The van der Waals surface area contributed by atoms with E-state index in [4.69, 9.17) is 5.11 Å². The molecule has 0 aliphatic carbocycles. The molecule has 4 rings (SSSR count). The second-order valence-electron chi connectivity index (χ2n) is 6.12. The second kappa shape index (κ2) is 6.93. The van der Waals surface area contributed by atoms with Crippen LogP contribution in [-0.2, 0) is 6.61 Å². The fraction of sp³-hybridized carbons (Fsp3) is 0.0476. The van der Waals surface area contributed by atoms with Gasteiger partial charge < -0.3 is 20.5 Å². The van der Waals surface area contributed by atoms with E-state index in [9.17, 15) is 9.90 Å². The zero-order valence-corrected chi connectivity index (χ0v) is 14.3. The van der Waals surface area contributed by atoms with Crippen LogP contribution in [0.1, 0.15) is 15.9 Å². The van der Waals surface area contributed by atoms with E-state index < -0.39 is 0 Å². The van der Waals surface area contributed by atoms with Crippen molar-refractivity contribution in [2.45, 2.75) is 6.61 Å². The molecule has 4 N–H and O–H groups in total. The Morgan fingerprint density at radius 1 is 1.00 bits per heavy atom. The van der Waals surface area contributed by atoms with Gasteiger partial charge in [0, 0.05) is 11.3 Å². The minimum absolute atomic E-state index is 0.0310. The van der Waals surface area contributed by atoms with Crippen molar-refractivity contribution in [1.82, 2.24) is 9.97 Å². The number of aromatic nitrogens is 2. The highest BCUT2D eigenvalue weighted by Crippen LogP contribution is 2.29. The summed E-state index contributed by atoms with van der Waals surface area (Å²) in [6, 6.07) is 19.4. The van der Waals surface area contributed by atoms with Crippen molar-refractivity contribution in [3.05, 3.63) is 77.9 Å². The van der Waals surface area contributed by atoms with Crippen LogP contribution in [0, 0.1) is 0 Å². The quantitative estimate of drug-likeness (QED) is 0.447. The van der Waals surface area contributed by atoms with E-state index in [-0.39, 0.29) is 18.3 Å². The zero-order chi connectivity index (χ0) is 18.8. The van der Waals surface area contributed by atoms with Gasteiger partial charge in [0.25, 0.3) is 5.91 Å². The molecule has 6 heteroatoms. The van der Waals surface area contributed by atoms with Crippen molar-refractivity contribution in [2.24, 2.45) is 0 Å². The molecule has 1 amide bonds. The van der Waals surface area contributed by atoms with Crippen LogP contribution >= 0.6 is 0 Å². The summed E-state index contributed by atoms with van der Waals surface area (Å²) in [6.45, 7) is -0.0532. The second-order valence-corrected chi connectivity index (χ2v) is 6.12. The lowest BCUT2D eigenvalue weighted by Crippen LogP contribution is -2.12. The molecular formula is C21H17N3O3. The molecule has 134 valence electrons. The minimum Gasteiger partial charge on any atom is -0.506 e. The first kappa shape index (κ1) is 16.8. The lowest BCUT2D eigenvalue weighted by Gasteiger charge is -2.07. The normalized spacial score (nSPS) is 10.9. The third-order valence-electron chi connectivity index (χ3n) is 4.31. The van der Waals surface area contributed by atoms with Crippen LogP contribution in [0.15, 0.2) is 66.7 Å². The van der Waals surface area contributed by atoms with E-state index in [1.807, 2.05) is 30.3 Å². The Kier molecular flexibility index (Phi) is 4.32. The summed E-state index contributed by atoms with van der Waals surface area (Å²) in [4.78, 5) is 20.4. The minimum atomic E-state index is -0.331. The van der Waals surface area contributed by atoms with Gasteiger partial charge in [0.15, 0.2) is 0 Å². The number of aromatic hydroxyl groups is 1. The number of aliphatic hydroxyl groups excluding tert-OH is 1. The molecule has 0 spiro atoms. The van der Waals surface area contributed by atoms with Gasteiger partial charge in [-0.3, -0.25) is 4.79 Å². The van der Waals surface area contributed by atoms with Gasteiger partial charge in [-0.15, -0.1) is 0 Å². The summed E-state index contributed by atoms with van der Waals surface area (Å²) in [7, 11) is 0. The molecule has 0 aliphatic heterocycles. The van der Waals surface area contributed by atoms with Gasteiger partial charge in [-0.25, -0.2) is 4.98 Å². The number of aliphatic hydroxyl groups is 1. The summed E-state index contributed by atoms with van der Waals surface area (Å²) in [5.74, 6) is 0.278. The van der Waals surface area contributed by atoms with E-state index in [2.05, 4.69) is 15.3 Å². The lowest BCUT2D eigenvalue weighted by molar-refractivity contribution is 0.102. The number of imidazole rings is 1. The Labute approximate surface area is 155 Å². The monoisotopic (exact) mass is 359 g/mol. The van der Waals surface area contributed by atoms with Crippen molar-refractivity contribution < 1.29 is 15.0 Å². The number of anilines is 1. The Balaban J connectivity index is 1.71. The molecule has 1 aromatic heterocycles. The average molecular weight is 359 g/mol. The largest absolute Gasteiger partial charge is 0.506 e. The van der Waals surface area contributed by atoms with Crippen LogP contribution in [0.5, 0.6) is 5.75 Å². The van der Waals surface area contributed by atoms with Crippen molar-refractivity contribution in [1.29, 1.82) is 0 Å². The van der Waals surface area contributed by atoms with Gasteiger partial charge in [-0.05, 0) is 29.8 Å². The van der Waals surface area contributed by atoms with Gasteiger partial charge in [0.2, 0.25) is 0 Å². The zero-order valence-electron chi connectivity index (χ0n) is 14.3. The number of rotatable bonds is 4. The Morgan fingerprint density at radius 3 is 2.44 bits per heavy atom. The fourth-order valence-corrected chi connectivity index (χ4v) is 2.89. The Hall–Kier alpha value is -3.64. The third kappa shape index (κ3) is 3.26. The first-order valence-corrected chi connectivity index (χ1v) is 8.44. The van der Waals surface area contributed by atoms with Crippen LogP contribution < -0.4 is 5.32 Å². The SMILES string of the molecule is O=C(Nc1ccc(CO)cc1)c1ccc(O)c2[nH]c(-c3ccccc3)nc12. The van der Waals surface area contributed by atoms with E-state index >= 15 is 0 Å². The maximum absolute atomic E-state index is 12.7. The van der Waals surface area contributed by atoms with E-state index in [1.165, 1.54) is 6.07 Å². The number of nitrogens with one attached hydrogen (secondary N) is 2. The number of hydrogen-bond donors (Lipinski definition) is 4. The number of benzene rings is 3. The maximum Gasteiger partial charge on any atom is 0.257 e. The van der Waals surface area contributed by atoms with Gasteiger partial charge in [-0.2, -0.15) is 0 Å². The molecule has 0 saturated heterocycles. The van der Waals surface area contributed by atoms with Crippen molar-refractivity contribution >= 4 is 22.6 Å². The number of amides is 1. The standard InChI is InChI=1S/C21H17N3O3/c25-12-13-6-8-15(9-7-13)22-21(27)16-10-11-17(26)19-18(16)23-20(24-19)14-4-2-1-3-5-14/h1-11,25-26H,12H2,(H,22,27)(H,23,24). The summed E-state index contributed by atoms with van der Waals surface area (Å²) in [5.41, 5.74) is 3.40. The fourth-order valence-electron chi connectivity index (χ4n) is 2.89. The van der Waals surface area contributed by atoms with E-state index in [0.717, 1.165) is 11.1 Å². The molecule has 1 heterocycles. The highest BCUT2D eigenvalue weighted by molar-refractivity contribution is 6.12. The Morgan fingerprint density at radius 2 is 1.74 bits per heavy atom. The summed E-state index contributed by atoms with van der Waals surface area (Å²) >= 11 is 0. The molecule has 0 radical (unpaired) electrons. The molecule has 3 aromatic carbocycles. The average Bonchev–Trinajstić information content (AvgIpc) is 3.16. The van der Waals surface area contributed by atoms with Gasteiger partial charge in [-0.1, -0.05) is 42.5 Å². The highest BCUT2D eigenvalue weighted by atomic mass is 16.3. The number of carbonyl (C=O) groups is 1. The predicted octanol–water partition coefficient (Wildman–Crippen LogP) is 3.68. The Bertz CT molecular complexity index is 1100.